The third-order valence-electron chi connectivity index (χ3n) is 1.40. The molecule has 56 valence electrons. The van der Waals surface area contributed by atoms with Crippen LogP contribution in [0.2, 0.25) is 0 Å². The molecule has 0 aliphatic rings. The van der Waals surface area contributed by atoms with E-state index in [-0.39, 0.29) is 0 Å². The van der Waals surface area contributed by atoms with Crippen LogP contribution in [0.3, 0.4) is 0 Å². The van der Waals surface area contributed by atoms with Crippen molar-refractivity contribution < 1.29 is 5.11 Å². The highest BCUT2D eigenvalue weighted by molar-refractivity contribution is 7.11. The SMILES string of the molecule is Cc1nc([C@@H](C)O)sc1C. The molecule has 0 bridgehead atoms. The van der Waals surface area contributed by atoms with Gasteiger partial charge in [0.05, 0.1) is 5.69 Å². The van der Waals surface area contributed by atoms with Crippen molar-refractivity contribution in [3.05, 3.63) is 15.6 Å². The maximum absolute atomic E-state index is 9.11. The second-order valence-corrected chi connectivity index (χ2v) is 3.60. The fraction of sp³-hybridized carbons (Fsp3) is 0.571. The van der Waals surface area contributed by atoms with Gasteiger partial charge in [0.15, 0.2) is 0 Å². The number of hydrogen-bond acceptors (Lipinski definition) is 3. The van der Waals surface area contributed by atoms with Crippen molar-refractivity contribution in [3.63, 3.8) is 0 Å². The number of thiazole rings is 1. The summed E-state index contributed by atoms with van der Waals surface area (Å²) >= 11 is 1.56. The maximum Gasteiger partial charge on any atom is 0.121 e. The highest BCUT2D eigenvalue weighted by Gasteiger charge is 2.07. The Balaban J connectivity index is 2.98. The first-order valence-electron chi connectivity index (χ1n) is 3.23. The van der Waals surface area contributed by atoms with Gasteiger partial charge in [0.25, 0.3) is 0 Å². The number of rotatable bonds is 1. The van der Waals surface area contributed by atoms with Crippen LogP contribution in [-0.2, 0) is 0 Å². The van der Waals surface area contributed by atoms with Crippen molar-refractivity contribution in [2.24, 2.45) is 0 Å². The molecular formula is C7H11NOS. The first-order valence-corrected chi connectivity index (χ1v) is 4.05. The predicted molar refractivity (Wildman–Crippen MR) is 42.2 cm³/mol. The highest BCUT2D eigenvalue weighted by Crippen LogP contribution is 2.21. The zero-order valence-corrected chi connectivity index (χ0v) is 7.20. The third kappa shape index (κ3) is 1.36. The minimum Gasteiger partial charge on any atom is -0.386 e. The Labute approximate surface area is 64.5 Å². The van der Waals surface area contributed by atoms with Crippen molar-refractivity contribution in [1.29, 1.82) is 0 Å². The molecule has 1 heterocycles. The number of aliphatic hydroxyl groups is 1. The van der Waals surface area contributed by atoms with Crippen LogP contribution in [0.5, 0.6) is 0 Å². The maximum atomic E-state index is 9.11. The van der Waals surface area contributed by atoms with Crippen LogP contribution in [0.25, 0.3) is 0 Å². The van der Waals surface area contributed by atoms with Crippen LogP contribution in [0, 0.1) is 13.8 Å². The summed E-state index contributed by atoms with van der Waals surface area (Å²) in [5, 5.41) is 9.92. The van der Waals surface area contributed by atoms with Gasteiger partial charge in [0.2, 0.25) is 0 Å². The zero-order chi connectivity index (χ0) is 7.72. The molecule has 1 rings (SSSR count). The lowest BCUT2D eigenvalue weighted by Crippen LogP contribution is -1.88. The van der Waals surface area contributed by atoms with Gasteiger partial charge in [0, 0.05) is 4.88 Å². The molecule has 0 unspecified atom stereocenters. The molecule has 0 fully saturated rings. The molecular weight excluding hydrogens is 146 g/mol. The van der Waals surface area contributed by atoms with Crippen molar-refractivity contribution >= 4 is 11.3 Å². The van der Waals surface area contributed by atoms with E-state index in [9.17, 15) is 0 Å². The Bertz CT molecular complexity index is 210. The van der Waals surface area contributed by atoms with Crippen LogP contribution in [-0.4, -0.2) is 10.1 Å². The molecule has 0 amide bonds. The van der Waals surface area contributed by atoms with E-state index in [1.165, 1.54) is 4.88 Å². The van der Waals surface area contributed by atoms with Crippen LogP contribution in [0.15, 0.2) is 0 Å². The second kappa shape index (κ2) is 2.68. The summed E-state index contributed by atoms with van der Waals surface area (Å²) in [6.07, 6.45) is -0.419. The summed E-state index contributed by atoms with van der Waals surface area (Å²) in [4.78, 5) is 5.37. The standard InChI is InChI=1S/C7H11NOS/c1-4-6(3)10-7(8-4)5(2)9/h5,9H,1-3H3/t5-/m1/s1. The number of aromatic nitrogens is 1. The lowest BCUT2D eigenvalue weighted by atomic mass is 10.4. The van der Waals surface area contributed by atoms with E-state index in [0.717, 1.165) is 10.7 Å². The number of aliphatic hydroxyl groups excluding tert-OH is 1. The average molecular weight is 157 g/mol. The quantitative estimate of drug-likeness (QED) is 0.674. The first-order chi connectivity index (χ1) is 4.61. The molecule has 3 heteroatoms. The predicted octanol–water partition coefficient (Wildman–Crippen LogP) is 1.81. The molecule has 1 aromatic heterocycles. The van der Waals surface area contributed by atoms with E-state index >= 15 is 0 Å². The van der Waals surface area contributed by atoms with Gasteiger partial charge in [0.1, 0.15) is 11.1 Å². The molecule has 0 radical (unpaired) electrons. The molecule has 1 N–H and O–H groups in total. The van der Waals surface area contributed by atoms with E-state index in [2.05, 4.69) is 4.98 Å². The summed E-state index contributed by atoms with van der Waals surface area (Å²) in [5.74, 6) is 0. The van der Waals surface area contributed by atoms with Gasteiger partial charge in [-0.2, -0.15) is 0 Å². The number of hydrogen-bond donors (Lipinski definition) is 1. The Morgan fingerprint density at radius 2 is 2.10 bits per heavy atom. The van der Waals surface area contributed by atoms with Gasteiger partial charge in [-0.25, -0.2) is 4.98 Å². The number of aryl methyl sites for hydroxylation is 2. The Morgan fingerprint density at radius 3 is 2.30 bits per heavy atom. The van der Waals surface area contributed by atoms with Gasteiger partial charge in [-0.05, 0) is 20.8 Å². The minimum absolute atomic E-state index is 0.419. The summed E-state index contributed by atoms with van der Waals surface area (Å²) in [5.41, 5.74) is 1.03. The third-order valence-corrected chi connectivity index (χ3v) is 2.65. The van der Waals surface area contributed by atoms with Gasteiger partial charge in [-0.3, -0.25) is 0 Å². The van der Waals surface area contributed by atoms with E-state index < -0.39 is 6.10 Å². The average Bonchev–Trinajstić information content (AvgIpc) is 2.13. The van der Waals surface area contributed by atoms with E-state index in [0.29, 0.717) is 0 Å². The van der Waals surface area contributed by atoms with Crippen molar-refractivity contribution in [2.45, 2.75) is 26.9 Å². The monoisotopic (exact) mass is 157 g/mol. The highest BCUT2D eigenvalue weighted by atomic mass is 32.1. The van der Waals surface area contributed by atoms with Crippen LogP contribution in [0.1, 0.15) is 28.6 Å². The number of nitrogens with zero attached hydrogens (tertiary/aromatic N) is 1. The molecule has 0 aromatic carbocycles. The molecule has 1 aromatic rings. The van der Waals surface area contributed by atoms with E-state index in [1.54, 1.807) is 18.3 Å². The lowest BCUT2D eigenvalue weighted by molar-refractivity contribution is 0.198. The van der Waals surface area contributed by atoms with Gasteiger partial charge in [-0.15, -0.1) is 11.3 Å². The molecule has 0 aliphatic carbocycles. The summed E-state index contributed by atoms with van der Waals surface area (Å²) in [6, 6.07) is 0. The molecule has 0 saturated heterocycles. The normalized spacial score (nSPS) is 13.6. The van der Waals surface area contributed by atoms with Crippen molar-refractivity contribution in [2.75, 3.05) is 0 Å². The Hall–Kier alpha value is -0.410. The van der Waals surface area contributed by atoms with Crippen molar-refractivity contribution in [1.82, 2.24) is 4.98 Å². The fourth-order valence-electron chi connectivity index (χ4n) is 0.676. The lowest BCUT2D eigenvalue weighted by Gasteiger charge is -1.94. The molecule has 0 saturated carbocycles. The van der Waals surface area contributed by atoms with Crippen LogP contribution < -0.4 is 0 Å². The zero-order valence-electron chi connectivity index (χ0n) is 6.38. The summed E-state index contributed by atoms with van der Waals surface area (Å²) in [7, 11) is 0. The first kappa shape index (κ1) is 7.69. The van der Waals surface area contributed by atoms with Gasteiger partial charge in [-0.1, -0.05) is 0 Å². The largest absolute Gasteiger partial charge is 0.386 e. The van der Waals surface area contributed by atoms with Crippen LogP contribution >= 0.6 is 11.3 Å². The minimum atomic E-state index is -0.419. The van der Waals surface area contributed by atoms with Crippen molar-refractivity contribution in [3.8, 4) is 0 Å². The summed E-state index contributed by atoms with van der Waals surface area (Å²) in [6.45, 7) is 5.70. The second-order valence-electron chi connectivity index (χ2n) is 2.37. The molecule has 0 aliphatic heterocycles. The molecule has 10 heavy (non-hydrogen) atoms. The van der Waals surface area contributed by atoms with Crippen LogP contribution in [0.4, 0.5) is 0 Å². The molecule has 1 atom stereocenters. The molecule has 2 nitrogen and oxygen atoms in total. The van der Waals surface area contributed by atoms with Gasteiger partial charge < -0.3 is 5.11 Å². The van der Waals surface area contributed by atoms with E-state index in [1.807, 2.05) is 13.8 Å². The molecule has 0 spiro atoms. The van der Waals surface area contributed by atoms with E-state index in [4.69, 9.17) is 5.11 Å². The summed E-state index contributed by atoms with van der Waals surface area (Å²) < 4.78 is 0. The Kier molecular flexibility index (Phi) is 2.06. The smallest absolute Gasteiger partial charge is 0.121 e. The van der Waals surface area contributed by atoms with Gasteiger partial charge >= 0.3 is 0 Å². The topological polar surface area (TPSA) is 33.1 Å². The fourth-order valence-corrected chi connectivity index (χ4v) is 1.54. The Morgan fingerprint density at radius 1 is 1.50 bits per heavy atom.